The number of hydrogen-bond acceptors (Lipinski definition) is 5. The first-order chi connectivity index (χ1) is 8.97. The van der Waals surface area contributed by atoms with Gasteiger partial charge in [0.15, 0.2) is 5.69 Å². The zero-order valence-corrected chi connectivity index (χ0v) is 10.8. The average molecular weight is 278 g/mol. The zero-order valence-electron chi connectivity index (χ0n) is 10.8. The van der Waals surface area contributed by atoms with Crippen LogP contribution in [0.4, 0.5) is 24.9 Å². The smallest absolute Gasteiger partial charge is 0.385 e. The second kappa shape index (κ2) is 7.13. The highest BCUT2D eigenvalue weighted by molar-refractivity contribution is 5.43. The number of halogens is 3. The maximum Gasteiger partial charge on any atom is 0.433 e. The number of alkyl halides is 3. The van der Waals surface area contributed by atoms with E-state index in [1.165, 1.54) is 0 Å². The second-order valence-electron chi connectivity index (χ2n) is 3.76. The fourth-order valence-corrected chi connectivity index (χ4v) is 1.36. The van der Waals surface area contributed by atoms with Crippen LogP contribution < -0.4 is 10.6 Å². The molecule has 0 bridgehead atoms. The number of ether oxygens (including phenoxy) is 1. The summed E-state index contributed by atoms with van der Waals surface area (Å²) in [7, 11) is 1.56. The minimum atomic E-state index is -4.49. The maximum absolute atomic E-state index is 12.7. The van der Waals surface area contributed by atoms with Crippen molar-refractivity contribution >= 4 is 11.8 Å². The number of hydrogen-bond donors (Lipinski definition) is 2. The molecule has 0 fully saturated rings. The largest absolute Gasteiger partial charge is 0.433 e. The molecule has 8 heteroatoms. The van der Waals surface area contributed by atoms with E-state index in [2.05, 4.69) is 20.6 Å². The topological polar surface area (TPSA) is 59.1 Å². The van der Waals surface area contributed by atoms with E-state index in [0.717, 1.165) is 6.07 Å². The lowest BCUT2D eigenvalue weighted by Gasteiger charge is -2.12. The van der Waals surface area contributed by atoms with Gasteiger partial charge in [-0.25, -0.2) is 4.98 Å². The van der Waals surface area contributed by atoms with Gasteiger partial charge in [0, 0.05) is 32.9 Å². The number of rotatable bonds is 7. The van der Waals surface area contributed by atoms with E-state index in [4.69, 9.17) is 4.74 Å². The van der Waals surface area contributed by atoms with Crippen molar-refractivity contribution in [3.8, 4) is 0 Å². The Balaban J connectivity index is 2.81. The van der Waals surface area contributed by atoms with Crippen LogP contribution >= 0.6 is 0 Å². The molecule has 0 radical (unpaired) electrons. The van der Waals surface area contributed by atoms with Crippen LogP contribution in [0.3, 0.4) is 0 Å². The Hall–Kier alpha value is -1.57. The van der Waals surface area contributed by atoms with Crippen molar-refractivity contribution in [3.63, 3.8) is 0 Å². The summed E-state index contributed by atoms with van der Waals surface area (Å²) in [4.78, 5) is 7.42. The van der Waals surface area contributed by atoms with E-state index in [9.17, 15) is 13.2 Å². The van der Waals surface area contributed by atoms with Crippen molar-refractivity contribution in [2.24, 2.45) is 0 Å². The van der Waals surface area contributed by atoms with E-state index >= 15 is 0 Å². The molecule has 0 aliphatic carbocycles. The maximum atomic E-state index is 12.7. The van der Waals surface area contributed by atoms with Crippen molar-refractivity contribution in [2.75, 3.05) is 37.4 Å². The average Bonchev–Trinajstić information content (AvgIpc) is 2.34. The third kappa shape index (κ3) is 5.29. The molecule has 0 aliphatic heterocycles. The Morgan fingerprint density at radius 3 is 2.58 bits per heavy atom. The highest BCUT2D eigenvalue weighted by atomic mass is 19.4. The molecule has 108 valence electrons. The van der Waals surface area contributed by atoms with E-state index in [-0.39, 0.29) is 11.8 Å². The van der Waals surface area contributed by atoms with Crippen molar-refractivity contribution in [2.45, 2.75) is 19.5 Å². The molecular formula is C11H17F3N4O. The number of anilines is 2. The highest BCUT2D eigenvalue weighted by Gasteiger charge is 2.33. The molecule has 0 aromatic carbocycles. The van der Waals surface area contributed by atoms with Gasteiger partial charge in [0.2, 0.25) is 5.95 Å². The van der Waals surface area contributed by atoms with Crippen LogP contribution in [-0.4, -0.2) is 36.8 Å². The molecule has 5 nitrogen and oxygen atoms in total. The first kappa shape index (κ1) is 15.5. The summed E-state index contributed by atoms with van der Waals surface area (Å²) >= 11 is 0. The summed E-state index contributed by atoms with van der Waals surface area (Å²) in [5, 5.41) is 5.49. The molecule has 0 spiro atoms. The quantitative estimate of drug-likeness (QED) is 0.750. The molecule has 1 aromatic heterocycles. The Labute approximate surface area is 109 Å². The highest BCUT2D eigenvalue weighted by Crippen LogP contribution is 2.29. The second-order valence-corrected chi connectivity index (χ2v) is 3.76. The van der Waals surface area contributed by atoms with Gasteiger partial charge in [0.1, 0.15) is 5.82 Å². The van der Waals surface area contributed by atoms with Crippen LogP contribution in [0.2, 0.25) is 0 Å². The Morgan fingerprint density at radius 1 is 1.26 bits per heavy atom. The summed E-state index contributed by atoms with van der Waals surface area (Å²) in [6.07, 6.45) is -3.83. The van der Waals surface area contributed by atoms with Crippen LogP contribution in [0.5, 0.6) is 0 Å². The zero-order chi connectivity index (χ0) is 14.3. The fourth-order valence-electron chi connectivity index (χ4n) is 1.36. The molecule has 1 rings (SSSR count). The molecule has 2 N–H and O–H groups in total. The van der Waals surface area contributed by atoms with Gasteiger partial charge in [0.25, 0.3) is 0 Å². The molecule has 0 atom stereocenters. The number of methoxy groups -OCH3 is 1. The molecule has 0 saturated heterocycles. The van der Waals surface area contributed by atoms with Crippen LogP contribution in [0, 0.1) is 0 Å². The van der Waals surface area contributed by atoms with Crippen molar-refractivity contribution in [3.05, 3.63) is 11.8 Å². The van der Waals surface area contributed by atoms with Gasteiger partial charge < -0.3 is 15.4 Å². The summed E-state index contributed by atoms with van der Waals surface area (Å²) < 4.78 is 42.8. The van der Waals surface area contributed by atoms with Crippen LogP contribution in [0.1, 0.15) is 19.0 Å². The van der Waals surface area contributed by atoms with E-state index in [0.29, 0.717) is 26.1 Å². The van der Waals surface area contributed by atoms with Gasteiger partial charge in [-0.15, -0.1) is 0 Å². The normalized spacial score (nSPS) is 11.4. The van der Waals surface area contributed by atoms with Gasteiger partial charge in [-0.1, -0.05) is 0 Å². The first-order valence-electron chi connectivity index (χ1n) is 5.90. The molecule has 0 aliphatic rings. The lowest BCUT2D eigenvalue weighted by Crippen LogP contribution is -2.15. The number of nitrogens with one attached hydrogen (secondary N) is 2. The monoisotopic (exact) mass is 278 g/mol. The summed E-state index contributed by atoms with van der Waals surface area (Å²) in [6, 6.07) is 0.893. The lowest BCUT2D eigenvalue weighted by molar-refractivity contribution is -0.141. The van der Waals surface area contributed by atoms with Crippen molar-refractivity contribution in [1.82, 2.24) is 9.97 Å². The molecule has 1 aromatic rings. The van der Waals surface area contributed by atoms with Crippen LogP contribution in [0.15, 0.2) is 6.07 Å². The van der Waals surface area contributed by atoms with Gasteiger partial charge in [-0.3, -0.25) is 0 Å². The van der Waals surface area contributed by atoms with Crippen LogP contribution in [-0.2, 0) is 10.9 Å². The van der Waals surface area contributed by atoms with E-state index in [1.807, 2.05) is 0 Å². The van der Waals surface area contributed by atoms with Crippen molar-refractivity contribution < 1.29 is 17.9 Å². The molecule has 1 heterocycles. The summed E-state index contributed by atoms with van der Waals surface area (Å²) in [6.45, 7) is 3.23. The SMILES string of the molecule is CCNc1cc(C(F)(F)F)nc(NCCCOC)n1. The van der Waals surface area contributed by atoms with Crippen LogP contribution in [0.25, 0.3) is 0 Å². The molecule has 0 saturated carbocycles. The third-order valence-electron chi connectivity index (χ3n) is 2.18. The Kier molecular flexibility index (Phi) is 5.81. The minimum absolute atomic E-state index is 0.0399. The van der Waals surface area contributed by atoms with Gasteiger partial charge >= 0.3 is 6.18 Å². The number of nitrogens with zero attached hydrogens (tertiary/aromatic N) is 2. The van der Waals surface area contributed by atoms with E-state index < -0.39 is 11.9 Å². The predicted octanol–water partition coefficient (Wildman–Crippen LogP) is 2.38. The van der Waals surface area contributed by atoms with Gasteiger partial charge in [-0.2, -0.15) is 18.2 Å². The van der Waals surface area contributed by atoms with E-state index in [1.54, 1.807) is 14.0 Å². The first-order valence-corrected chi connectivity index (χ1v) is 5.90. The minimum Gasteiger partial charge on any atom is -0.385 e. The Bertz CT molecular complexity index is 398. The summed E-state index contributed by atoms with van der Waals surface area (Å²) in [5.74, 6) is 0.112. The fraction of sp³-hybridized carbons (Fsp3) is 0.636. The Morgan fingerprint density at radius 2 is 2.00 bits per heavy atom. The molecule has 0 amide bonds. The van der Waals surface area contributed by atoms with Gasteiger partial charge in [0.05, 0.1) is 0 Å². The lowest BCUT2D eigenvalue weighted by atomic mass is 10.3. The third-order valence-corrected chi connectivity index (χ3v) is 2.18. The van der Waals surface area contributed by atoms with Crippen molar-refractivity contribution in [1.29, 1.82) is 0 Å². The number of aromatic nitrogens is 2. The summed E-state index contributed by atoms with van der Waals surface area (Å²) in [5.41, 5.74) is -0.965. The molecule has 0 unspecified atom stereocenters. The molecule has 19 heavy (non-hydrogen) atoms. The standard InChI is InChI=1S/C11H17F3N4O/c1-3-15-9-7-8(11(12,13)14)17-10(18-9)16-5-4-6-19-2/h7H,3-6H2,1-2H3,(H2,15,16,17,18). The van der Waals surface area contributed by atoms with Gasteiger partial charge in [-0.05, 0) is 13.3 Å². The molecular weight excluding hydrogens is 261 g/mol. The predicted molar refractivity (Wildman–Crippen MR) is 66.2 cm³/mol.